The monoisotopic (exact) mass is 398 g/mol. The van der Waals surface area contributed by atoms with Gasteiger partial charge in [-0.05, 0) is 43.7 Å². The number of halogens is 2. The highest BCUT2D eigenvalue weighted by atomic mass is 35.5. The predicted octanol–water partition coefficient (Wildman–Crippen LogP) is 5.11. The standard InChI is InChI=1S/C21H20ClFN4O/c1-3-27(20(28)16-9-10-18(23)17(22)13-16)19-11-12-24-21(26-19)25-14(2)15-7-5-4-6-8-15/h4-14H,3H2,1-2H3,(H,24,25,26)/t14-/m0/s1. The van der Waals surface area contributed by atoms with Gasteiger partial charge in [-0.1, -0.05) is 41.9 Å². The minimum absolute atomic E-state index is 0.00173. The Balaban J connectivity index is 1.82. The van der Waals surface area contributed by atoms with Crippen molar-refractivity contribution in [2.75, 3.05) is 16.8 Å². The first-order valence-electron chi connectivity index (χ1n) is 8.91. The first-order valence-corrected chi connectivity index (χ1v) is 9.29. The smallest absolute Gasteiger partial charge is 0.259 e. The number of carbonyl (C=O) groups excluding carboxylic acids is 1. The molecule has 1 aromatic heterocycles. The van der Waals surface area contributed by atoms with E-state index in [-0.39, 0.29) is 17.0 Å². The first-order chi connectivity index (χ1) is 13.5. The van der Waals surface area contributed by atoms with Gasteiger partial charge in [0.05, 0.1) is 11.1 Å². The Kier molecular flexibility index (Phi) is 6.21. The second-order valence-electron chi connectivity index (χ2n) is 6.19. The van der Waals surface area contributed by atoms with Crippen LogP contribution in [0.15, 0.2) is 60.8 Å². The molecule has 3 rings (SSSR count). The van der Waals surface area contributed by atoms with Gasteiger partial charge >= 0.3 is 0 Å². The second-order valence-corrected chi connectivity index (χ2v) is 6.60. The molecule has 0 aliphatic carbocycles. The number of amides is 1. The summed E-state index contributed by atoms with van der Waals surface area (Å²) in [6.45, 7) is 4.23. The molecule has 1 N–H and O–H groups in total. The molecule has 0 aliphatic heterocycles. The van der Waals surface area contributed by atoms with Crippen LogP contribution in [0.1, 0.15) is 35.8 Å². The highest BCUT2D eigenvalue weighted by molar-refractivity contribution is 6.31. The number of hydrogen-bond donors (Lipinski definition) is 1. The van der Waals surface area contributed by atoms with Crippen molar-refractivity contribution < 1.29 is 9.18 Å². The molecular formula is C21H20ClFN4O. The van der Waals surface area contributed by atoms with Crippen molar-refractivity contribution in [3.63, 3.8) is 0 Å². The van der Waals surface area contributed by atoms with E-state index in [9.17, 15) is 9.18 Å². The molecule has 0 spiro atoms. The van der Waals surface area contributed by atoms with Gasteiger partial charge in [0.25, 0.3) is 5.91 Å². The van der Waals surface area contributed by atoms with Crippen LogP contribution >= 0.6 is 11.6 Å². The molecule has 7 heteroatoms. The summed E-state index contributed by atoms with van der Waals surface area (Å²) in [4.78, 5) is 23.1. The van der Waals surface area contributed by atoms with Crippen LogP contribution in [0.3, 0.4) is 0 Å². The Bertz CT molecular complexity index is 968. The van der Waals surface area contributed by atoms with E-state index in [0.717, 1.165) is 5.56 Å². The normalized spacial score (nSPS) is 11.7. The molecule has 144 valence electrons. The van der Waals surface area contributed by atoms with E-state index in [1.54, 1.807) is 12.3 Å². The van der Waals surface area contributed by atoms with Crippen LogP contribution in [0.2, 0.25) is 5.02 Å². The van der Waals surface area contributed by atoms with Crippen LogP contribution < -0.4 is 10.2 Å². The Morgan fingerprint density at radius 1 is 1.21 bits per heavy atom. The van der Waals surface area contributed by atoms with Crippen LogP contribution in [-0.2, 0) is 0 Å². The molecule has 0 fully saturated rings. The molecule has 0 radical (unpaired) electrons. The number of nitrogens with zero attached hydrogens (tertiary/aromatic N) is 3. The van der Waals surface area contributed by atoms with E-state index in [2.05, 4.69) is 15.3 Å². The lowest BCUT2D eigenvalue weighted by atomic mass is 10.1. The van der Waals surface area contributed by atoms with Crippen molar-refractivity contribution in [3.8, 4) is 0 Å². The summed E-state index contributed by atoms with van der Waals surface area (Å²) < 4.78 is 13.4. The molecule has 0 unspecified atom stereocenters. The van der Waals surface area contributed by atoms with Crippen molar-refractivity contribution in [2.24, 2.45) is 0 Å². The minimum Gasteiger partial charge on any atom is -0.348 e. The van der Waals surface area contributed by atoms with Gasteiger partial charge in [0.1, 0.15) is 11.6 Å². The molecule has 3 aromatic rings. The van der Waals surface area contributed by atoms with Crippen LogP contribution in [0.25, 0.3) is 0 Å². The molecule has 0 saturated heterocycles. The molecule has 2 aromatic carbocycles. The summed E-state index contributed by atoms with van der Waals surface area (Å²) in [5.41, 5.74) is 1.39. The summed E-state index contributed by atoms with van der Waals surface area (Å²) in [7, 11) is 0. The van der Waals surface area contributed by atoms with Gasteiger partial charge in [-0.25, -0.2) is 9.37 Å². The third-order valence-corrected chi connectivity index (χ3v) is 4.58. The number of aromatic nitrogens is 2. The van der Waals surface area contributed by atoms with Crippen LogP contribution in [0.5, 0.6) is 0 Å². The van der Waals surface area contributed by atoms with Gasteiger partial charge in [-0.2, -0.15) is 4.98 Å². The highest BCUT2D eigenvalue weighted by Gasteiger charge is 2.19. The van der Waals surface area contributed by atoms with E-state index in [1.165, 1.54) is 23.1 Å². The quantitative estimate of drug-likeness (QED) is 0.626. The largest absolute Gasteiger partial charge is 0.348 e. The Labute approximate surface area is 168 Å². The zero-order valence-electron chi connectivity index (χ0n) is 15.6. The fourth-order valence-corrected chi connectivity index (χ4v) is 2.96. The summed E-state index contributed by atoms with van der Waals surface area (Å²) in [6.07, 6.45) is 1.59. The number of rotatable bonds is 6. The van der Waals surface area contributed by atoms with Gasteiger partial charge in [-0.15, -0.1) is 0 Å². The maximum absolute atomic E-state index is 13.4. The number of carbonyl (C=O) groups is 1. The molecule has 5 nitrogen and oxygen atoms in total. The molecule has 1 heterocycles. The zero-order chi connectivity index (χ0) is 20.1. The third-order valence-electron chi connectivity index (χ3n) is 4.29. The van der Waals surface area contributed by atoms with E-state index < -0.39 is 5.82 Å². The summed E-state index contributed by atoms with van der Waals surface area (Å²) in [5.74, 6) is -0.0159. The van der Waals surface area contributed by atoms with Crippen LogP contribution in [-0.4, -0.2) is 22.4 Å². The Morgan fingerprint density at radius 2 is 1.96 bits per heavy atom. The van der Waals surface area contributed by atoms with Crippen molar-refractivity contribution in [1.29, 1.82) is 0 Å². The SMILES string of the molecule is CCN(C(=O)c1ccc(F)c(Cl)c1)c1ccnc(N[C@@H](C)c2ccccc2)n1. The topological polar surface area (TPSA) is 58.1 Å². The summed E-state index contributed by atoms with van der Waals surface area (Å²) in [6, 6.07) is 15.5. The fourth-order valence-electron chi connectivity index (χ4n) is 2.78. The van der Waals surface area contributed by atoms with Gasteiger partial charge in [0.15, 0.2) is 0 Å². The molecule has 0 bridgehead atoms. The van der Waals surface area contributed by atoms with Gasteiger partial charge in [0, 0.05) is 18.3 Å². The molecule has 1 amide bonds. The number of benzene rings is 2. The van der Waals surface area contributed by atoms with Crippen LogP contribution in [0.4, 0.5) is 16.2 Å². The Morgan fingerprint density at radius 3 is 2.64 bits per heavy atom. The van der Waals surface area contributed by atoms with Crippen molar-refractivity contribution >= 4 is 29.3 Å². The third kappa shape index (κ3) is 4.46. The second kappa shape index (κ2) is 8.80. The number of anilines is 2. The highest BCUT2D eigenvalue weighted by Crippen LogP contribution is 2.22. The molecule has 1 atom stereocenters. The lowest BCUT2D eigenvalue weighted by Gasteiger charge is -2.21. The van der Waals surface area contributed by atoms with E-state index >= 15 is 0 Å². The molecular weight excluding hydrogens is 379 g/mol. The zero-order valence-corrected chi connectivity index (χ0v) is 16.3. The predicted molar refractivity (Wildman–Crippen MR) is 109 cm³/mol. The lowest BCUT2D eigenvalue weighted by Crippen LogP contribution is -2.31. The molecule has 0 aliphatic rings. The first kappa shape index (κ1) is 19.8. The average molecular weight is 399 g/mol. The van der Waals surface area contributed by atoms with E-state index in [0.29, 0.717) is 23.9 Å². The average Bonchev–Trinajstić information content (AvgIpc) is 2.71. The maximum Gasteiger partial charge on any atom is 0.259 e. The number of hydrogen-bond acceptors (Lipinski definition) is 4. The van der Waals surface area contributed by atoms with E-state index in [1.807, 2.05) is 44.2 Å². The minimum atomic E-state index is -0.565. The summed E-state index contributed by atoms with van der Waals surface area (Å²) >= 11 is 5.81. The lowest BCUT2D eigenvalue weighted by molar-refractivity contribution is 0.0987. The molecule has 0 saturated carbocycles. The van der Waals surface area contributed by atoms with Crippen LogP contribution in [0, 0.1) is 5.82 Å². The van der Waals surface area contributed by atoms with Crippen molar-refractivity contribution in [1.82, 2.24) is 9.97 Å². The van der Waals surface area contributed by atoms with Gasteiger partial charge in [-0.3, -0.25) is 9.69 Å². The van der Waals surface area contributed by atoms with Crippen molar-refractivity contribution in [2.45, 2.75) is 19.9 Å². The number of nitrogens with one attached hydrogen (secondary N) is 1. The van der Waals surface area contributed by atoms with Crippen molar-refractivity contribution in [3.05, 3.63) is 82.8 Å². The summed E-state index contributed by atoms with van der Waals surface area (Å²) in [5, 5.41) is 3.15. The van der Waals surface area contributed by atoms with E-state index in [4.69, 9.17) is 11.6 Å². The maximum atomic E-state index is 13.4. The van der Waals surface area contributed by atoms with Gasteiger partial charge < -0.3 is 5.32 Å². The fraction of sp³-hybridized carbons (Fsp3) is 0.190. The van der Waals surface area contributed by atoms with Gasteiger partial charge in [0.2, 0.25) is 5.95 Å². The Hall–Kier alpha value is -2.99. The molecule has 28 heavy (non-hydrogen) atoms.